The van der Waals surface area contributed by atoms with Gasteiger partial charge in [0.05, 0.1) is 12.0 Å². The topological polar surface area (TPSA) is 73.0 Å². The molecule has 0 spiro atoms. The van der Waals surface area contributed by atoms with Crippen LogP contribution < -0.4 is 5.32 Å². The standard InChI is InChI=1S/C23H22N4O2S/c1-2-27-22(20-13-8-14-29-20)25-26-23(27)30-16-21(28)24-19-12-7-6-11-18(19)15-17-9-4-3-5-10-17/h3-14H,2,15-16H2,1H3,(H,24,28). The van der Waals surface area contributed by atoms with E-state index in [9.17, 15) is 4.79 Å². The van der Waals surface area contributed by atoms with Gasteiger partial charge in [-0.3, -0.25) is 9.36 Å². The van der Waals surface area contributed by atoms with Crippen LogP contribution in [0.25, 0.3) is 11.6 Å². The first kappa shape index (κ1) is 20.0. The van der Waals surface area contributed by atoms with Crippen molar-refractivity contribution in [3.63, 3.8) is 0 Å². The van der Waals surface area contributed by atoms with Crippen LogP contribution in [0.1, 0.15) is 18.1 Å². The van der Waals surface area contributed by atoms with E-state index in [-0.39, 0.29) is 11.7 Å². The number of carbonyl (C=O) groups excluding carboxylic acids is 1. The highest BCUT2D eigenvalue weighted by atomic mass is 32.2. The van der Waals surface area contributed by atoms with Crippen molar-refractivity contribution in [1.82, 2.24) is 14.8 Å². The van der Waals surface area contributed by atoms with Crippen molar-refractivity contribution < 1.29 is 9.21 Å². The summed E-state index contributed by atoms with van der Waals surface area (Å²) < 4.78 is 7.37. The minimum Gasteiger partial charge on any atom is -0.461 e. The summed E-state index contributed by atoms with van der Waals surface area (Å²) in [6.45, 7) is 2.70. The Morgan fingerprint density at radius 2 is 1.83 bits per heavy atom. The fraction of sp³-hybridized carbons (Fsp3) is 0.174. The van der Waals surface area contributed by atoms with Crippen molar-refractivity contribution in [1.29, 1.82) is 0 Å². The van der Waals surface area contributed by atoms with Crippen molar-refractivity contribution in [3.05, 3.63) is 84.1 Å². The highest BCUT2D eigenvalue weighted by molar-refractivity contribution is 7.99. The summed E-state index contributed by atoms with van der Waals surface area (Å²) in [5.41, 5.74) is 3.12. The second kappa shape index (κ2) is 9.45. The number of nitrogens with one attached hydrogen (secondary N) is 1. The van der Waals surface area contributed by atoms with Gasteiger partial charge in [0.25, 0.3) is 0 Å². The zero-order valence-corrected chi connectivity index (χ0v) is 17.4. The number of aromatic nitrogens is 3. The number of furan rings is 1. The van der Waals surface area contributed by atoms with Crippen molar-refractivity contribution in [3.8, 4) is 11.6 Å². The van der Waals surface area contributed by atoms with Crippen molar-refractivity contribution in [2.75, 3.05) is 11.1 Å². The van der Waals surface area contributed by atoms with Gasteiger partial charge in [-0.05, 0) is 42.7 Å². The molecule has 7 heteroatoms. The van der Waals surface area contributed by atoms with Crippen molar-refractivity contribution >= 4 is 23.4 Å². The van der Waals surface area contributed by atoms with E-state index in [1.165, 1.54) is 17.3 Å². The Bertz CT molecular complexity index is 1110. The van der Waals surface area contributed by atoms with Gasteiger partial charge in [0.1, 0.15) is 0 Å². The molecular weight excluding hydrogens is 396 g/mol. The van der Waals surface area contributed by atoms with E-state index in [2.05, 4.69) is 27.6 Å². The summed E-state index contributed by atoms with van der Waals surface area (Å²) in [7, 11) is 0. The fourth-order valence-electron chi connectivity index (χ4n) is 3.20. The minimum absolute atomic E-state index is 0.0780. The SMILES string of the molecule is CCn1c(SCC(=O)Nc2ccccc2Cc2ccccc2)nnc1-c1ccco1. The predicted octanol–water partition coefficient (Wildman–Crippen LogP) is 4.88. The number of rotatable bonds is 8. The van der Waals surface area contributed by atoms with E-state index in [1.807, 2.05) is 66.1 Å². The van der Waals surface area contributed by atoms with Crippen molar-refractivity contribution in [2.45, 2.75) is 25.0 Å². The van der Waals surface area contributed by atoms with Gasteiger partial charge < -0.3 is 9.73 Å². The normalized spacial score (nSPS) is 10.8. The number of amides is 1. The number of benzene rings is 2. The summed E-state index contributed by atoms with van der Waals surface area (Å²) in [5, 5.41) is 12.2. The average Bonchev–Trinajstić information content (AvgIpc) is 3.44. The van der Waals surface area contributed by atoms with E-state index in [4.69, 9.17) is 4.42 Å². The van der Waals surface area contributed by atoms with E-state index >= 15 is 0 Å². The highest BCUT2D eigenvalue weighted by Crippen LogP contribution is 2.25. The van der Waals surface area contributed by atoms with Gasteiger partial charge in [0.2, 0.25) is 5.91 Å². The van der Waals surface area contributed by atoms with Crippen LogP contribution in [0.5, 0.6) is 0 Å². The number of carbonyl (C=O) groups is 1. The van der Waals surface area contributed by atoms with Gasteiger partial charge in [-0.1, -0.05) is 60.3 Å². The van der Waals surface area contributed by atoms with Gasteiger partial charge in [-0.2, -0.15) is 0 Å². The highest BCUT2D eigenvalue weighted by Gasteiger charge is 2.16. The smallest absolute Gasteiger partial charge is 0.234 e. The average molecular weight is 419 g/mol. The maximum absolute atomic E-state index is 12.6. The molecule has 0 aliphatic heterocycles. The summed E-state index contributed by atoms with van der Waals surface area (Å²) in [5.74, 6) is 1.50. The molecule has 2 aromatic heterocycles. The number of thioether (sulfide) groups is 1. The molecule has 0 atom stereocenters. The van der Waals surface area contributed by atoms with Crippen LogP contribution in [0.4, 0.5) is 5.69 Å². The minimum atomic E-state index is -0.0780. The maximum atomic E-state index is 12.6. The zero-order chi connectivity index (χ0) is 20.8. The van der Waals surface area contributed by atoms with E-state index in [1.54, 1.807) is 6.26 Å². The van der Waals surface area contributed by atoms with E-state index in [0.29, 0.717) is 23.3 Å². The first-order valence-electron chi connectivity index (χ1n) is 9.76. The number of nitrogens with zero attached hydrogens (tertiary/aromatic N) is 3. The van der Waals surface area contributed by atoms with Crippen LogP contribution in [0.2, 0.25) is 0 Å². The van der Waals surface area contributed by atoms with Crippen LogP contribution in [0.3, 0.4) is 0 Å². The molecule has 0 radical (unpaired) electrons. The monoisotopic (exact) mass is 418 g/mol. The Morgan fingerprint density at radius 3 is 2.60 bits per heavy atom. The third kappa shape index (κ3) is 4.63. The summed E-state index contributed by atoms with van der Waals surface area (Å²) >= 11 is 1.36. The maximum Gasteiger partial charge on any atom is 0.234 e. The molecule has 4 rings (SSSR count). The molecule has 0 unspecified atom stereocenters. The van der Waals surface area contributed by atoms with E-state index < -0.39 is 0 Å². The lowest BCUT2D eigenvalue weighted by molar-refractivity contribution is -0.113. The fourth-order valence-corrected chi connectivity index (χ4v) is 4.00. The van der Waals surface area contributed by atoms with Crippen LogP contribution in [-0.4, -0.2) is 26.4 Å². The number of anilines is 1. The quantitative estimate of drug-likeness (QED) is 0.413. The summed E-state index contributed by atoms with van der Waals surface area (Å²) in [4.78, 5) is 12.6. The largest absolute Gasteiger partial charge is 0.461 e. The molecule has 1 amide bonds. The summed E-state index contributed by atoms with van der Waals surface area (Å²) in [6.07, 6.45) is 2.37. The number of hydrogen-bond donors (Lipinski definition) is 1. The first-order chi connectivity index (χ1) is 14.7. The molecular formula is C23H22N4O2S. The lowest BCUT2D eigenvalue weighted by Crippen LogP contribution is -2.16. The molecule has 6 nitrogen and oxygen atoms in total. The van der Waals surface area contributed by atoms with E-state index in [0.717, 1.165) is 17.7 Å². The third-order valence-corrected chi connectivity index (χ3v) is 5.60. The molecule has 4 aromatic rings. The van der Waals surface area contributed by atoms with Gasteiger partial charge in [0, 0.05) is 12.2 Å². The molecule has 0 aliphatic rings. The van der Waals surface area contributed by atoms with Gasteiger partial charge >= 0.3 is 0 Å². The molecule has 0 fully saturated rings. The zero-order valence-electron chi connectivity index (χ0n) is 16.6. The van der Waals surface area contributed by atoms with Crippen LogP contribution in [-0.2, 0) is 17.8 Å². The Labute approximate surface area is 179 Å². The summed E-state index contributed by atoms with van der Waals surface area (Å²) in [6, 6.07) is 21.8. The van der Waals surface area contributed by atoms with Gasteiger partial charge in [-0.15, -0.1) is 10.2 Å². The van der Waals surface area contributed by atoms with Crippen molar-refractivity contribution in [2.24, 2.45) is 0 Å². The van der Waals surface area contributed by atoms with Crippen LogP contribution >= 0.6 is 11.8 Å². The molecule has 2 aromatic carbocycles. The third-order valence-electron chi connectivity index (χ3n) is 4.64. The molecule has 2 heterocycles. The molecule has 0 bridgehead atoms. The lowest BCUT2D eigenvalue weighted by Gasteiger charge is -2.11. The van der Waals surface area contributed by atoms with Crippen LogP contribution in [0, 0.1) is 0 Å². The molecule has 0 aliphatic carbocycles. The number of para-hydroxylation sites is 1. The molecule has 0 saturated carbocycles. The second-order valence-electron chi connectivity index (χ2n) is 6.68. The molecule has 0 saturated heterocycles. The molecule has 1 N–H and O–H groups in total. The van der Waals surface area contributed by atoms with Crippen LogP contribution in [0.15, 0.2) is 82.6 Å². The number of hydrogen-bond acceptors (Lipinski definition) is 5. The Balaban J connectivity index is 1.42. The molecule has 152 valence electrons. The first-order valence-corrected chi connectivity index (χ1v) is 10.7. The predicted molar refractivity (Wildman–Crippen MR) is 118 cm³/mol. The van der Waals surface area contributed by atoms with Gasteiger partial charge in [-0.25, -0.2) is 0 Å². The molecule has 30 heavy (non-hydrogen) atoms. The Kier molecular flexibility index (Phi) is 6.29. The Hall–Kier alpha value is -3.32. The second-order valence-corrected chi connectivity index (χ2v) is 7.63. The van der Waals surface area contributed by atoms with Gasteiger partial charge in [0.15, 0.2) is 16.7 Å². The Morgan fingerprint density at radius 1 is 1.03 bits per heavy atom. The lowest BCUT2D eigenvalue weighted by atomic mass is 10.0.